The molecule has 2 aromatic rings. The lowest BCUT2D eigenvalue weighted by Gasteiger charge is -2.13. The van der Waals surface area contributed by atoms with Crippen molar-refractivity contribution in [3.63, 3.8) is 0 Å². The highest BCUT2D eigenvalue weighted by atomic mass is 35.5. The number of halogens is 3. The Bertz CT molecular complexity index is 847. The van der Waals surface area contributed by atoms with Gasteiger partial charge in [-0.25, -0.2) is 14.4 Å². The first-order valence-corrected chi connectivity index (χ1v) is 8.13. The molecule has 2 rings (SSSR count). The summed E-state index contributed by atoms with van der Waals surface area (Å²) in [5.41, 5.74) is 6.66. The number of hydrogen-bond donors (Lipinski definition) is 3. The number of rotatable bonds is 4. The van der Waals surface area contributed by atoms with Crippen molar-refractivity contribution in [2.24, 2.45) is 15.7 Å². The summed E-state index contributed by atoms with van der Waals surface area (Å²) in [4.78, 5) is 19.7. The Hall–Kier alpha value is -2.64. The highest BCUT2D eigenvalue weighted by Crippen LogP contribution is 2.35. The molecule has 0 aliphatic carbocycles. The minimum Gasteiger partial charge on any atom is -0.505 e. The van der Waals surface area contributed by atoms with Gasteiger partial charge >= 0.3 is 0 Å². The fraction of sp³-hybridized carbons (Fsp3) is 0.118. The van der Waals surface area contributed by atoms with Gasteiger partial charge in [-0.3, -0.25) is 4.79 Å². The average molecular weight is 397 g/mol. The zero-order chi connectivity index (χ0) is 19.3. The molecule has 1 unspecified atom stereocenters. The molecule has 0 aromatic heterocycles. The Morgan fingerprint density at radius 2 is 1.85 bits per heavy atom. The first-order valence-electron chi connectivity index (χ1n) is 7.38. The van der Waals surface area contributed by atoms with Crippen molar-refractivity contribution >= 4 is 47.0 Å². The molecule has 136 valence electrons. The molecule has 0 spiro atoms. The number of phenols is 1. The Morgan fingerprint density at radius 1 is 1.27 bits per heavy atom. The van der Waals surface area contributed by atoms with E-state index in [0.717, 1.165) is 11.9 Å². The number of aromatic hydroxyl groups is 1. The first kappa shape index (κ1) is 19.7. The van der Waals surface area contributed by atoms with Crippen molar-refractivity contribution < 1.29 is 14.3 Å². The van der Waals surface area contributed by atoms with Gasteiger partial charge in [0.25, 0.3) is 5.91 Å². The van der Waals surface area contributed by atoms with Gasteiger partial charge in [0.05, 0.1) is 21.8 Å². The minimum atomic E-state index is -0.602. The van der Waals surface area contributed by atoms with E-state index >= 15 is 0 Å². The second-order valence-corrected chi connectivity index (χ2v) is 6.08. The Labute approximate surface area is 159 Å². The van der Waals surface area contributed by atoms with Crippen LogP contribution in [0.2, 0.25) is 10.0 Å². The van der Waals surface area contributed by atoms with Gasteiger partial charge in [0, 0.05) is 0 Å². The third kappa shape index (κ3) is 5.18. The van der Waals surface area contributed by atoms with Gasteiger partial charge in [0.15, 0.2) is 11.6 Å². The standard InChI is InChI=1S/C17H15Cl2FN4O2/c1-9(10-2-4-11(20)5-3-10)24-17(26)16(21)23-8-22-12-6-13(18)15(25)14(19)7-12/h2-9,25H,1H3,(H,24,26)(H2,21,22,23). The number of nitrogens with one attached hydrogen (secondary N) is 1. The number of carbonyl (C=O) groups is 1. The molecule has 0 saturated heterocycles. The van der Waals surface area contributed by atoms with E-state index in [-0.39, 0.29) is 33.5 Å². The first-order chi connectivity index (χ1) is 12.3. The Balaban J connectivity index is 2.02. The molecule has 0 heterocycles. The molecule has 0 aliphatic rings. The lowest BCUT2D eigenvalue weighted by molar-refractivity contribution is -0.115. The highest BCUT2D eigenvalue weighted by Gasteiger charge is 2.12. The topological polar surface area (TPSA) is 100 Å². The van der Waals surface area contributed by atoms with Crippen LogP contribution in [0.15, 0.2) is 46.4 Å². The van der Waals surface area contributed by atoms with Crippen LogP contribution in [0.3, 0.4) is 0 Å². The molecule has 2 aromatic carbocycles. The fourth-order valence-corrected chi connectivity index (χ4v) is 2.42. The van der Waals surface area contributed by atoms with Crippen LogP contribution in [-0.2, 0) is 4.79 Å². The van der Waals surface area contributed by atoms with E-state index in [1.165, 1.54) is 24.3 Å². The molecular weight excluding hydrogens is 382 g/mol. The molecule has 0 radical (unpaired) electrons. The smallest absolute Gasteiger partial charge is 0.287 e. The molecule has 6 nitrogen and oxygen atoms in total. The largest absolute Gasteiger partial charge is 0.505 e. The highest BCUT2D eigenvalue weighted by molar-refractivity contribution is 6.38. The van der Waals surface area contributed by atoms with Gasteiger partial charge in [0.1, 0.15) is 12.2 Å². The number of hydrogen-bond acceptors (Lipinski definition) is 3. The van der Waals surface area contributed by atoms with E-state index in [2.05, 4.69) is 15.3 Å². The van der Waals surface area contributed by atoms with Crippen LogP contribution in [0.25, 0.3) is 0 Å². The van der Waals surface area contributed by atoms with Crippen molar-refractivity contribution in [2.75, 3.05) is 0 Å². The van der Waals surface area contributed by atoms with E-state index in [1.807, 2.05) is 0 Å². The van der Waals surface area contributed by atoms with Gasteiger partial charge in [-0.05, 0) is 36.8 Å². The van der Waals surface area contributed by atoms with E-state index in [4.69, 9.17) is 28.9 Å². The molecule has 1 atom stereocenters. The summed E-state index contributed by atoms with van der Waals surface area (Å²) in [5.74, 6) is -1.52. The number of nitrogens with two attached hydrogens (primary N) is 1. The zero-order valence-corrected chi connectivity index (χ0v) is 15.1. The summed E-state index contributed by atoms with van der Waals surface area (Å²) < 4.78 is 12.9. The number of amides is 1. The van der Waals surface area contributed by atoms with E-state index in [1.54, 1.807) is 19.1 Å². The molecule has 0 fully saturated rings. The van der Waals surface area contributed by atoms with Crippen LogP contribution in [0.4, 0.5) is 10.1 Å². The van der Waals surface area contributed by atoms with Gasteiger partial charge in [-0.15, -0.1) is 0 Å². The molecule has 26 heavy (non-hydrogen) atoms. The molecule has 9 heteroatoms. The summed E-state index contributed by atoms with van der Waals surface area (Å²) in [6.07, 6.45) is 1.07. The van der Waals surface area contributed by atoms with Crippen LogP contribution in [0.1, 0.15) is 18.5 Å². The maximum absolute atomic E-state index is 12.9. The van der Waals surface area contributed by atoms with E-state index < -0.39 is 5.91 Å². The van der Waals surface area contributed by atoms with Crippen molar-refractivity contribution in [3.8, 4) is 5.75 Å². The molecule has 0 bridgehead atoms. The maximum Gasteiger partial charge on any atom is 0.287 e. The number of amidine groups is 1. The van der Waals surface area contributed by atoms with Crippen molar-refractivity contribution in [1.82, 2.24) is 5.32 Å². The molecule has 4 N–H and O–H groups in total. The molecule has 1 amide bonds. The number of aliphatic imine (C=N–C) groups is 2. The van der Waals surface area contributed by atoms with E-state index in [9.17, 15) is 14.3 Å². The van der Waals surface area contributed by atoms with Crippen molar-refractivity contribution in [2.45, 2.75) is 13.0 Å². The SMILES string of the molecule is CC(NC(=O)C(N)=NC=Nc1cc(Cl)c(O)c(Cl)c1)c1ccc(F)cc1. The predicted octanol–water partition coefficient (Wildman–Crippen LogP) is 3.73. The van der Waals surface area contributed by atoms with Gasteiger partial charge in [-0.2, -0.15) is 0 Å². The van der Waals surface area contributed by atoms with Gasteiger partial charge in [0.2, 0.25) is 0 Å². The molecule has 0 aliphatic heterocycles. The maximum atomic E-state index is 12.9. The monoisotopic (exact) mass is 396 g/mol. The second kappa shape index (κ2) is 8.64. The summed E-state index contributed by atoms with van der Waals surface area (Å²) in [6, 6.07) is 8.10. The van der Waals surface area contributed by atoms with Crippen LogP contribution in [0, 0.1) is 5.82 Å². The van der Waals surface area contributed by atoms with Crippen LogP contribution in [-0.4, -0.2) is 23.2 Å². The number of benzene rings is 2. The van der Waals surface area contributed by atoms with Gasteiger partial charge < -0.3 is 16.2 Å². The summed E-state index contributed by atoms with van der Waals surface area (Å²) >= 11 is 11.6. The summed E-state index contributed by atoms with van der Waals surface area (Å²) in [6.45, 7) is 1.73. The molecule has 0 saturated carbocycles. The Morgan fingerprint density at radius 3 is 2.42 bits per heavy atom. The van der Waals surface area contributed by atoms with Crippen LogP contribution < -0.4 is 11.1 Å². The minimum absolute atomic E-state index is 0.0347. The van der Waals surface area contributed by atoms with Gasteiger partial charge in [-0.1, -0.05) is 35.3 Å². The Kier molecular flexibility index (Phi) is 6.54. The molecular formula is C17H15Cl2FN4O2. The second-order valence-electron chi connectivity index (χ2n) is 5.26. The average Bonchev–Trinajstić information content (AvgIpc) is 2.59. The quantitative estimate of drug-likeness (QED) is 0.541. The number of carbonyl (C=O) groups excluding carboxylic acids is 1. The number of nitrogens with zero attached hydrogens (tertiary/aromatic N) is 2. The van der Waals surface area contributed by atoms with E-state index in [0.29, 0.717) is 5.69 Å². The lowest BCUT2D eigenvalue weighted by atomic mass is 10.1. The third-order valence-electron chi connectivity index (χ3n) is 3.36. The fourth-order valence-electron chi connectivity index (χ4n) is 1.95. The third-order valence-corrected chi connectivity index (χ3v) is 3.93. The zero-order valence-electron chi connectivity index (χ0n) is 13.6. The van der Waals surface area contributed by atoms with Crippen LogP contribution in [0.5, 0.6) is 5.75 Å². The van der Waals surface area contributed by atoms with Crippen molar-refractivity contribution in [1.29, 1.82) is 0 Å². The summed E-state index contributed by atoms with van der Waals surface area (Å²) in [7, 11) is 0. The van der Waals surface area contributed by atoms with Crippen LogP contribution >= 0.6 is 23.2 Å². The lowest BCUT2D eigenvalue weighted by Crippen LogP contribution is -2.37. The van der Waals surface area contributed by atoms with Crippen molar-refractivity contribution in [3.05, 3.63) is 57.8 Å². The number of phenolic OH excluding ortho intramolecular Hbond substituents is 1. The predicted molar refractivity (Wildman–Crippen MR) is 101 cm³/mol. The summed E-state index contributed by atoms with van der Waals surface area (Å²) in [5, 5.41) is 12.2. The normalized spacial score (nSPS) is 13.0.